The van der Waals surface area contributed by atoms with E-state index in [1.54, 1.807) is 0 Å². The summed E-state index contributed by atoms with van der Waals surface area (Å²) in [5, 5.41) is 3.40. The third kappa shape index (κ3) is 3.67. The Morgan fingerprint density at radius 2 is 1.90 bits per heavy atom. The van der Waals surface area contributed by atoms with Gasteiger partial charge in [0.2, 0.25) is 0 Å². The highest BCUT2D eigenvalue weighted by Gasteiger charge is 2.13. The topological polar surface area (TPSA) is 24.9 Å². The number of pyridine rings is 1. The van der Waals surface area contributed by atoms with Crippen molar-refractivity contribution in [3.05, 3.63) is 65.0 Å². The summed E-state index contributed by atoms with van der Waals surface area (Å²) in [4.78, 5) is 4.31. The van der Waals surface area contributed by atoms with Crippen molar-refractivity contribution in [1.29, 1.82) is 0 Å². The van der Waals surface area contributed by atoms with Gasteiger partial charge in [-0.3, -0.25) is 4.98 Å². The maximum atomic E-state index is 4.31. The normalized spacial score (nSPS) is 12.7. The van der Waals surface area contributed by atoms with Gasteiger partial charge < -0.3 is 5.32 Å². The van der Waals surface area contributed by atoms with Crippen LogP contribution in [0.15, 0.2) is 42.7 Å². The van der Waals surface area contributed by atoms with Crippen molar-refractivity contribution in [3.63, 3.8) is 0 Å². The van der Waals surface area contributed by atoms with Gasteiger partial charge in [-0.15, -0.1) is 0 Å². The standard InChI is InChI=1S/C18H24N2/c1-13(2)8-15-6-5-7-16(10-15)18(19-4)17-9-14(3)11-20-12-17/h5-7,9-13,18-19H,8H2,1-4H3. The molecule has 0 aliphatic heterocycles. The zero-order valence-corrected chi connectivity index (χ0v) is 12.9. The van der Waals surface area contributed by atoms with E-state index >= 15 is 0 Å². The lowest BCUT2D eigenvalue weighted by Crippen LogP contribution is -2.18. The molecule has 0 fully saturated rings. The lowest BCUT2D eigenvalue weighted by molar-refractivity contribution is 0.643. The fourth-order valence-electron chi connectivity index (χ4n) is 2.63. The number of aromatic nitrogens is 1. The molecule has 106 valence electrons. The Bertz CT molecular complexity index is 561. The number of rotatable bonds is 5. The molecule has 1 N–H and O–H groups in total. The minimum absolute atomic E-state index is 0.203. The zero-order chi connectivity index (χ0) is 14.5. The summed E-state index contributed by atoms with van der Waals surface area (Å²) < 4.78 is 0. The molecule has 1 atom stereocenters. The number of nitrogens with zero attached hydrogens (tertiary/aromatic N) is 1. The number of hydrogen-bond acceptors (Lipinski definition) is 2. The SMILES string of the molecule is CNC(c1cncc(C)c1)c1cccc(CC(C)C)c1. The van der Waals surface area contributed by atoms with Gasteiger partial charge in [-0.05, 0) is 48.6 Å². The first kappa shape index (κ1) is 14.7. The van der Waals surface area contributed by atoms with Gasteiger partial charge >= 0.3 is 0 Å². The van der Waals surface area contributed by atoms with Crippen LogP contribution in [0.4, 0.5) is 0 Å². The summed E-state index contributed by atoms with van der Waals surface area (Å²) in [5.74, 6) is 0.680. The van der Waals surface area contributed by atoms with Crippen LogP contribution in [0, 0.1) is 12.8 Å². The van der Waals surface area contributed by atoms with Gasteiger partial charge in [0.05, 0.1) is 6.04 Å². The van der Waals surface area contributed by atoms with Gasteiger partial charge in [0.25, 0.3) is 0 Å². The van der Waals surface area contributed by atoms with Crippen molar-refractivity contribution in [2.75, 3.05) is 7.05 Å². The van der Waals surface area contributed by atoms with Crippen molar-refractivity contribution in [2.45, 2.75) is 33.2 Å². The maximum Gasteiger partial charge on any atom is 0.0589 e. The Hall–Kier alpha value is -1.67. The van der Waals surface area contributed by atoms with Crippen LogP contribution in [0.25, 0.3) is 0 Å². The smallest absolute Gasteiger partial charge is 0.0589 e. The van der Waals surface area contributed by atoms with Gasteiger partial charge in [0.15, 0.2) is 0 Å². The largest absolute Gasteiger partial charge is 0.309 e. The van der Waals surface area contributed by atoms with Gasteiger partial charge in [0.1, 0.15) is 0 Å². The van der Waals surface area contributed by atoms with Crippen molar-refractivity contribution in [2.24, 2.45) is 5.92 Å². The molecule has 0 radical (unpaired) electrons. The minimum Gasteiger partial charge on any atom is -0.309 e. The Morgan fingerprint density at radius 3 is 2.55 bits per heavy atom. The second kappa shape index (κ2) is 6.67. The Labute approximate surface area is 122 Å². The molecule has 1 aromatic carbocycles. The average Bonchev–Trinajstić information content (AvgIpc) is 2.39. The van der Waals surface area contributed by atoms with Gasteiger partial charge in [0, 0.05) is 12.4 Å². The second-order valence-electron chi connectivity index (χ2n) is 5.86. The molecule has 2 nitrogen and oxygen atoms in total. The lowest BCUT2D eigenvalue weighted by Gasteiger charge is -2.18. The Balaban J connectivity index is 2.32. The summed E-state index contributed by atoms with van der Waals surface area (Å²) in [6.07, 6.45) is 4.96. The predicted molar refractivity (Wildman–Crippen MR) is 84.9 cm³/mol. The highest BCUT2D eigenvalue weighted by atomic mass is 14.9. The van der Waals surface area contributed by atoms with Gasteiger partial charge in [-0.2, -0.15) is 0 Å². The van der Waals surface area contributed by atoms with Crippen LogP contribution in [-0.4, -0.2) is 12.0 Å². The highest BCUT2D eigenvalue weighted by molar-refractivity contribution is 5.34. The monoisotopic (exact) mass is 268 g/mol. The van der Waals surface area contributed by atoms with E-state index < -0.39 is 0 Å². The van der Waals surface area contributed by atoms with E-state index in [4.69, 9.17) is 0 Å². The van der Waals surface area contributed by atoms with E-state index in [1.165, 1.54) is 22.3 Å². The van der Waals surface area contributed by atoms with Crippen LogP contribution in [-0.2, 0) is 6.42 Å². The van der Waals surface area contributed by atoms with E-state index in [1.807, 2.05) is 19.4 Å². The Kier molecular flexibility index (Phi) is 4.91. The molecule has 2 heteroatoms. The Morgan fingerprint density at radius 1 is 1.10 bits per heavy atom. The fourth-order valence-corrected chi connectivity index (χ4v) is 2.63. The first-order valence-corrected chi connectivity index (χ1v) is 7.27. The third-order valence-corrected chi connectivity index (χ3v) is 3.45. The molecule has 1 unspecified atom stereocenters. The molecule has 0 bridgehead atoms. The molecule has 0 saturated heterocycles. The van der Waals surface area contributed by atoms with Crippen LogP contribution >= 0.6 is 0 Å². The molecule has 0 aliphatic rings. The maximum absolute atomic E-state index is 4.31. The van der Waals surface area contributed by atoms with E-state index in [2.05, 4.69) is 61.4 Å². The predicted octanol–water partition coefficient (Wildman–Crippen LogP) is 3.90. The zero-order valence-electron chi connectivity index (χ0n) is 12.9. The molecule has 2 rings (SSSR count). The number of benzene rings is 1. The first-order chi connectivity index (χ1) is 9.60. The number of aryl methyl sites for hydroxylation is 1. The van der Waals surface area contributed by atoms with Crippen LogP contribution in [0.1, 0.15) is 42.1 Å². The average molecular weight is 268 g/mol. The second-order valence-corrected chi connectivity index (χ2v) is 5.86. The summed E-state index contributed by atoms with van der Waals surface area (Å²) in [6, 6.07) is 11.3. The molecule has 2 aromatic rings. The minimum atomic E-state index is 0.203. The molecular weight excluding hydrogens is 244 g/mol. The number of hydrogen-bond donors (Lipinski definition) is 1. The molecule has 1 heterocycles. The molecular formula is C18H24N2. The van der Waals surface area contributed by atoms with Crippen LogP contribution in [0.3, 0.4) is 0 Å². The van der Waals surface area contributed by atoms with Crippen molar-refractivity contribution < 1.29 is 0 Å². The van der Waals surface area contributed by atoms with E-state index in [0.717, 1.165) is 6.42 Å². The first-order valence-electron chi connectivity index (χ1n) is 7.27. The van der Waals surface area contributed by atoms with E-state index in [9.17, 15) is 0 Å². The summed E-state index contributed by atoms with van der Waals surface area (Å²) in [6.45, 7) is 6.60. The van der Waals surface area contributed by atoms with Crippen molar-refractivity contribution in [1.82, 2.24) is 10.3 Å². The third-order valence-electron chi connectivity index (χ3n) is 3.45. The van der Waals surface area contributed by atoms with E-state index in [-0.39, 0.29) is 6.04 Å². The molecule has 0 amide bonds. The van der Waals surface area contributed by atoms with Crippen LogP contribution in [0.5, 0.6) is 0 Å². The van der Waals surface area contributed by atoms with Crippen molar-refractivity contribution in [3.8, 4) is 0 Å². The van der Waals surface area contributed by atoms with Gasteiger partial charge in [-0.1, -0.05) is 44.2 Å². The van der Waals surface area contributed by atoms with E-state index in [0.29, 0.717) is 5.92 Å². The molecule has 20 heavy (non-hydrogen) atoms. The van der Waals surface area contributed by atoms with Gasteiger partial charge in [-0.25, -0.2) is 0 Å². The lowest BCUT2D eigenvalue weighted by atomic mass is 9.95. The fraction of sp³-hybridized carbons (Fsp3) is 0.389. The van der Waals surface area contributed by atoms with Crippen LogP contribution in [0.2, 0.25) is 0 Å². The number of nitrogens with one attached hydrogen (secondary N) is 1. The summed E-state index contributed by atoms with van der Waals surface area (Å²) in [5.41, 5.74) is 5.12. The summed E-state index contributed by atoms with van der Waals surface area (Å²) >= 11 is 0. The van der Waals surface area contributed by atoms with Crippen molar-refractivity contribution >= 4 is 0 Å². The molecule has 0 spiro atoms. The molecule has 0 saturated carbocycles. The molecule has 0 aliphatic carbocycles. The van der Waals surface area contributed by atoms with Crippen LogP contribution < -0.4 is 5.32 Å². The molecule has 1 aromatic heterocycles. The quantitative estimate of drug-likeness (QED) is 0.889. The highest BCUT2D eigenvalue weighted by Crippen LogP contribution is 2.23. The summed E-state index contributed by atoms with van der Waals surface area (Å²) in [7, 11) is 2.00.